The molecule has 3 fully saturated rings. The number of amides is 2. The largest absolute Gasteiger partial charge is 0.394 e. The Balaban J connectivity index is 1.42. The average Bonchev–Trinajstić information content (AvgIpc) is 3.46. The van der Waals surface area contributed by atoms with Crippen LogP contribution >= 0.6 is 0 Å². The van der Waals surface area contributed by atoms with Crippen LogP contribution in [0.4, 0.5) is 0 Å². The fourth-order valence-corrected chi connectivity index (χ4v) is 3.57. The van der Waals surface area contributed by atoms with Crippen LogP contribution in [0, 0.1) is 11.8 Å². The van der Waals surface area contributed by atoms with Gasteiger partial charge in [0.25, 0.3) is 0 Å². The Kier molecular flexibility index (Phi) is 6.67. The van der Waals surface area contributed by atoms with Crippen molar-refractivity contribution in [2.45, 2.75) is 63.2 Å². The molecular formula is C18H30N2O5. The molecule has 2 aliphatic heterocycles. The number of aliphatic hydroxyl groups excluding tert-OH is 1. The van der Waals surface area contributed by atoms with Crippen molar-refractivity contribution < 1.29 is 24.2 Å². The van der Waals surface area contributed by atoms with Gasteiger partial charge in [0.1, 0.15) is 6.10 Å². The van der Waals surface area contributed by atoms with E-state index in [0.29, 0.717) is 32.0 Å². The maximum atomic E-state index is 12.4. The van der Waals surface area contributed by atoms with Crippen LogP contribution in [0.5, 0.6) is 0 Å². The van der Waals surface area contributed by atoms with E-state index in [2.05, 4.69) is 10.6 Å². The number of carbonyl (C=O) groups excluding carboxylic acids is 2. The smallest absolute Gasteiger partial charge is 0.223 e. The Morgan fingerprint density at radius 1 is 1.04 bits per heavy atom. The Morgan fingerprint density at radius 2 is 1.80 bits per heavy atom. The van der Waals surface area contributed by atoms with Crippen LogP contribution in [0.25, 0.3) is 0 Å². The van der Waals surface area contributed by atoms with Crippen molar-refractivity contribution in [3.8, 4) is 0 Å². The molecule has 2 heterocycles. The molecule has 0 radical (unpaired) electrons. The summed E-state index contributed by atoms with van der Waals surface area (Å²) in [5.41, 5.74) is 0. The summed E-state index contributed by atoms with van der Waals surface area (Å²) in [5.74, 6) is 0.680. The standard InChI is InChI=1S/C18H30N2O5/c21-11-16-15(20-18(23)13-5-7-24-8-6-13)4-3-14(25-16)9-17(22)19-10-12-1-2-12/h12-16,21H,1-11H2,(H,19,22)(H,20,23)/t14-,15+,16-/m0/s1. The molecule has 2 saturated heterocycles. The SMILES string of the molecule is O=C(C[C@@H]1CC[C@@H](NC(=O)C2CCOCC2)[C@H](CO)O1)NCC1CC1. The summed E-state index contributed by atoms with van der Waals surface area (Å²) in [5, 5.41) is 15.6. The molecule has 7 nitrogen and oxygen atoms in total. The summed E-state index contributed by atoms with van der Waals surface area (Å²) in [6.45, 7) is 1.86. The van der Waals surface area contributed by atoms with Gasteiger partial charge in [-0.1, -0.05) is 0 Å². The van der Waals surface area contributed by atoms with Gasteiger partial charge in [-0.3, -0.25) is 9.59 Å². The van der Waals surface area contributed by atoms with E-state index in [1.165, 1.54) is 12.8 Å². The maximum absolute atomic E-state index is 12.4. The van der Waals surface area contributed by atoms with Crippen LogP contribution in [-0.2, 0) is 19.1 Å². The zero-order chi connectivity index (χ0) is 17.6. The molecule has 1 saturated carbocycles. The van der Waals surface area contributed by atoms with Crippen LogP contribution in [-0.4, -0.2) is 61.5 Å². The van der Waals surface area contributed by atoms with E-state index < -0.39 is 6.10 Å². The van der Waals surface area contributed by atoms with Crippen molar-refractivity contribution in [2.75, 3.05) is 26.4 Å². The molecule has 2 amide bonds. The van der Waals surface area contributed by atoms with Crippen LogP contribution < -0.4 is 10.6 Å². The normalized spacial score (nSPS) is 30.7. The third kappa shape index (κ3) is 5.66. The molecule has 0 aromatic rings. The van der Waals surface area contributed by atoms with E-state index in [9.17, 15) is 14.7 Å². The van der Waals surface area contributed by atoms with Crippen molar-refractivity contribution in [2.24, 2.45) is 11.8 Å². The third-order valence-corrected chi connectivity index (χ3v) is 5.41. The summed E-state index contributed by atoms with van der Waals surface area (Å²) in [6, 6.07) is -0.189. The van der Waals surface area contributed by atoms with Crippen molar-refractivity contribution in [3.63, 3.8) is 0 Å². The number of hydrogen-bond donors (Lipinski definition) is 3. The van der Waals surface area contributed by atoms with Gasteiger partial charge < -0.3 is 25.2 Å². The zero-order valence-electron chi connectivity index (χ0n) is 14.7. The number of carbonyl (C=O) groups is 2. The maximum Gasteiger partial charge on any atom is 0.223 e. The molecule has 0 bridgehead atoms. The summed E-state index contributed by atoms with van der Waals surface area (Å²) in [4.78, 5) is 24.3. The van der Waals surface area contributed by atoms with Gasteiger partial charge in [-0.15, -0.1) is 0 Å². The van der Waals surface area contributed by atoms with Crippen LogP contribution in [0.3, 0.4) is 0 Å². The summed E-state index contributed by atoms with van der Waals surface area (Å²) < 4.78 is 11.2. The first-order valence-corrected chi connectivity index (χ1v) is 9.57. The van der Waals surface area contributed by atoms with Gasteiger partial charge in [0.05, 0.1) is 25.2 Å². The van der Waals surface area contributed by atoms with Gasteiger partial charge in [0.2, 0.25) is 11.8 Å². The van der Waals surface area contributed by atoms with E-state index in [0.717, 1.165) is 25.8 Å². The number of hydrogen-bond acceptors (Lipinski definition) is 5. The second kappa shape index (κ2) is 8.96. The van der Waals surface area contributed by atoms with Gasteiger partial charge in [0, 0.05) is 25.7 Å². The molecule has 142 valence electrons. The molecule has 25 heavy (non-hydrogen) atoms. The van der Waals surface area contributed by atoms with E-state index in [4.69, 9.17) is 9.47 Å². The highest BCUT2D eigenvalue weighted by atomic mass is 16.5. The summed E-state index contributed by atoms with van der Waals surface area (Å²) in [6.07, 6.45) is 5.03. The lowest BCUT2D eigenvalue weighted by molar-refractivity contribution is -0.139. The highest BCUT2D eigenvalue weighted by Crippen LogP contribution is 2.28. The molecule has 0 unspecified atom stereocenters. The molecule has 3 atom stereocenters. The van der Waals surface area contributed by atoms with Gasteiger partial charge in [0.15, 0.2) is 0 Å². The quantitative estimate of drug-likeness (QED) is 0.613. The second-order valence-electron chi connectivity index (χ2n) is 7.51. The second-order valence-corrected chi connectivity index (χ2v) is 7.51. The Labute approximate surface area is 148 Å². The van der Waals surface area contributed by atoms with Crippen LogP contribution in [0.15, 0.2) is 0 Å². The van der Waals surface area contributed by atoms with Crippen LogP contribution in [0.1, 0.15) is 44.9 Å². The first-order valence-electron chi connectivity index (χ1n) is 9.57. The third-order valence-electron chi connectivity index (χ3n) is 5.41. The van der Waals surface area contributed by atoms with E-state index in [1.54, 1.807) is 0 Å². The fourth-order valence-electron chi connectivity index (χ4n) is 3.57. The predicted octanol–water partition coefficient (Wildman–Crippen LogP) is 0.354. The highest BCUT2D eigenvalue weighted by Gasteiger charge is 2.34. The summed E-state index contributed by atoms with van der Waals surface area (Å²) >= 11 is 0. The molecule has 3 aliphatic rings. The predicted molar refractivity (Wildman–Crippen MR) is 90.8 cm³/mol. The van der Waals surface area contributed by atoms with E-state index in [1.807, 2.05) is 0 Å². The number of aliphatic hydroxyl groups is 1. The first-order chi connectivity index (χ1) is 12.2. The van der Waals surface area contributed by atoms with Crippen molar-refractivity contribution in [1.29, 1.82) is 0 Å². The minimum Gasteiger partial charge on any atom is -0.394 e. The Morgan fingerprint density at radius 3 is 2.48 bits per heavy atom. The van der Waals surface area contributed by atoms with Gasteiger partial charge in [-0.25, -0.2) is 0 Å². The lowest BCUT2D eigenvalue weighted by Crippen LogP contribution is -2.53. The van der Waals surface area contributed by atoms with E-state index in [-0.39, 0.29) is 36.5 Å². The molecule has 0 spiro atoms. The van der Waals surface area contributed by atoms with Crippen molar-refractivity contribution in [1.82, 2.24) is 10.6 Å². The van der Waals surface area contributed by atoms with E-state index >= 15 is 0 Å². The molecule has 0 aromatic carbocycles. The average molecular weight is 354 g/mol. The zero-order valence-corrected chi connectivity index (χ0v) is 14.7. The fraction of sp³-hybridized carbons (Fsp3) is 0.889. The van der Waals surface area contributed by atoms with Gasteiger partial charge in [-0.2, -0.15) is 0 Å². The van der Waals surface area contributed by atoms with Gasteiger partial charge >= 0.3 is 0 Å². The highest BCUT2D eigenvalue weighted by molar-refractivity contribution is 5.79. The first kappa shape index (κ1) is 18.6. The molecule has 1 aliphatic carbocycles. The lowest BCUT2D eigenvalue weighted by Gasteiger charge is -2.37. The number of rotatable bonds is 7. The van der Waals surface area contributed by atoms with Crippen molar-refractivity contribution in [3.05, 3.63) is 0 Å². The van der Waals surface area contributed by atoms with Gasteiger partial charge in [-0.05, 0) is 44.4 Å². The topological polar surface area (TPSA) is 96.9 Å². The lowest BCUT2D eigenvalue weighted by atomic mass is 9.94. The Bertz CT molecular complexity index is 462. The minimum atomic E-state index is -0.446. The number of nitrogens with one attached hydrogen (secondary N) is 2. The summed E-state index contributed by atoms with van der Waals surface area (Å²) in [7, 11) is 0. The number of ether oxygens (including phenoxy) is 2. The Hall–Kier alpha value is -1.18. The monoisotopic (exact) mass is 354 g/mol. The molecular weight excluding hydrogens is 324 g/mol. The minimum absolute atomic E-state index is 0.0123. The molecule has 3 rings (SSSR count). The van der Waals surface area contributed by atoms with Crippen LogP contribution in [0.2, 0.25) is 0 Å². The molecule has 3 N–H and O–H groups in total. The molecule has 0 aromatic heterocycles. The molecule has 7 heteroatoms. The van der Waals surface area contributed by atoms with Crippen molar-refractivity contribution >= 4 is 11.8 Å².